The minimum absolute atomic E-state index is 0.0850. The van der Waals surface area contributed by atoms with Crippen LogP contribution in [-0.4, -0.2) is 82.6 Å². The van der Waals surface area contributed by atoms with Gasteiger partial charge in [0.05, 0.1) is 18.5 Å². The zero-order valence-corrected chi connectivity index (χ0v) is 25.4. The van der Waals surface area contributed by atoms with Gasteiger partial charge in [0.1, 0.15) is 11.4 Å². The number of piperidine rings is 1. The van der Waals surface area contributed by atoms with Gasteiger partial charge in [0.25, 0.3) is 5.91 Å². The molecule has 10 nitrogen and oxygen atoms in total. The lowest BCUT2D eigenvalue weighted by atomic mass is 9.88. The highest BCUT2D eigenvalue weighted by Gasteiger charge is 2.49. The Morgan fingerprint density at radius 3 is 2.59 bits per heavy atom. The first-order chi connectivity index (χ1) is 19.2. The van der Waals surface area contributed by atoms with E-state index < -0.39 is 27.0 Å². The van der Waals surface area contributed by atoms with E-state index in [1.165, 1.54) is 12.7 Å². The third-order valence-electron chi connectivity index (χ3n) is 8.95. The Balaban J connectivity index is 1.25. The van der Waals surface area contributed by atoms with E-state index in [0.717, 1.165) is 42.4 Å². The third-order valence-corrected chi connectivity index (χ3v) is 11.7. The maximum atomic E-state index is 14.1. The van der Waals surface area contributed by atoms with Gasteiger partial charge in [-0.2, -0.15) is 4.21 Å². The van der Waals surface area contributed by atoms with Crippen molar-refractivity contribution >= 4 is 32.2 Å². The van der Waals surface area contributed by atoms with E-state index in [1.54, 1.807) is 24.2 Å². The molecular formula is C30H46N4O6S. The van der Waals surface area contributed by atoms with Crippen LogP contribution in [0.25, 0.3) is 10.9 Å². The number of hydrogen-bond acceptors (Lipinski definition) is 6. The molecule has 1 atom stereocenters. The number of aliphatic hydroxyl groups excluding tert-OH is 1. The van der Waals surface area contributed by atoms with Crippen LogP contribution in [0.1, 0.15) is 76.9 Å². The van der Waals surface area contributed by atoms with E-state index in [-0.39, 0.29) is 24.7 Å². The van der Waals surface area contributed by atoms with Crippen molar-refractivity contribution in [3.63, 3.8) is 0 Å². The van der Waals surface area contributed by atoms with Crippen molar-refractivity contribution in [2.75, 3.05) is 31.7 Å². The Bertz CT molecular complexity index is 1360. The highest BCUT2D eigenvalue weighted by Crippen LogP contribution is 2.39. The second-order valence-corrected chi connectivity index (χ2v) is 16.5. The maximum Gasteiger partial charge on any atom is 0.253 e. The van der Waals surface area contributed by atoms with Crippen LogP contribution in [-0.2, 0) is 25.6 Å². The highest BCUT2D eigenvalue weighted by atomic mass is 32.3. The van der Waals surface area contributed by atoms with E-state index in [4.69, 9.17) is 9.73 Å². The molecule has 2 fully saturated rings. The van der Waals surface area contributed by atoms with Crippen LogP contribution in [0, 0.1) is 5.92 Å². The molecule has 1 aliphatic carbocycles. The molecule has 1 amide bonds. The molecule has 41 heavy (non-hydrogen) atoms. The van der Waals surface area contributed by atoms with Crippen LogP contribution in [0.5, 0.6) is 0 Å². The Labute approximate surface area is 242 Å². The average Bonchev–Trinajstić information content (AvgIpc) is 3.47. The molecule has 1 aromatic heterocycles. The summed E-state index contributed by atoms with van der Waals surface area (Å²) in [5.41, 5.74) is 0.667. The number of carbonyl (C=O) groups is 1. The number of aryl methyl sites for hydroxylation is 1. The zero-order valence-electron chi connectivity index (χ0n) is 24.6. The molecule has 4 N–H and O–H groups in total. The van der Waals surface area contributed by atoms with Crippen molar-refractivity contribution in [2.24, 2.45) is 10.9 Å². The summed E-state index contributed by atoms with van der Waals surface area (Å²) in [5.74, 6) is -0.468. The van der Waals surface area contributed by atoms with Gasteiger partial charge < -0.3 is 24.8 Å². The summed E-state index contributed by atoms with van der Waals surface area (Å²) in [7, 11) is -4.40. The van der Waals surface area contributed by atoms with E-state index in [1.807, 2.05) is 24.4 Å². The molecule has 2 aliphatic heterocycles. The van der Waals surface area contributed by atoms with Gasteiger partial charge in [-0.15, -0.1) is 9.53 Å². The maximum absolute atomic E-state index is 14.1. The predicted molar refractivity (Wildman–Crippen MR) is 161 cm³/mol. The average molecular weight is 591 g/mol. The number of amidine groups is 1. The normalized spacial score (nSPS) is 22.4. The van der Waals surface area contributed by atoms with Crippen LogP contribution in [0.15, 0.2) is 35.5 Å². The number of aromatic nitrogens is 1. The molecule has 1 spiro atoms. The highest BCUT2D eigenvalue weighted by molar-refractivity contribution is 8.12. The molecule has 11 heteroatoms. The molecule has 2 aromatic rings. The number of aliphatic imine (C=N–C) groups is 1. The van der Waals surface area contributed by atoms with Crippen molar-refractivity contribution < 1.29 is 28.5 Å². The van der Waals surface area contributed by atoms with E-state index in [9.17, 15) is 23.8 Å². The second kappa shape index (κ2) is 11.2. The number of ether oxygens (including phenoxy) is 1. The van der Waals surface area contributed by atoms with Crippen molar-refractivity contribution in [2.45, 2.75) is 89.2 Å². The summed E-state index contributed by atoms with van der Waals surface area (Å²) >= 11 is 0. The van der Waals surface area contributed by atoms with E-state index in [0.29, 0.717) is 43.9 Å². The van der Waals surface area contributed by atoms with Crippen molar-refractivity contribution in [3.05, 3.63) is 36.0 Å². The number of benzene rings is 1. The number of carbonyl (C=O) groups excluding carboxylic acids is 1. The van der Waals surface area contributed by atoms with Gasteiger partial charge in [-0.05, 0) is 63.6 Å². The first-order valence-electron chi connectivity index (χ1n) is 14.9. The molecule has 228 valence electrons. The zero-order chi connectivity index (χ0) is 29.5. The van der Waals surface area contributed by atoms with Gasteiger partial charge >= 0.3 is 0 Å². The summed E-state index contributed by atoms with van der Waals surface area (Å²) in [6.45, 7) is 4.78. The van der Waals surface area contributed by atoms with Crippen LogP contribution in [0.4, 0.5) is 0 Å². The molecule has 1 aromatic carbocycles. The van der Waals surface area contributed by atoms with Gasteiger partial charge in [0.2, 0.25) is 0 Å². The number of rotatable bonds is 10. The number of fused-ring (bicyclic) bond motifs is 1. The Morgan fingerprint density at radius 2 is 1.90 bits per heavy atom. The van der Waals surface area contributed by atoms with E-state index >= 15 is 0 Å². The number of aliphatic hydroxyl groups is 2. The fraction of sp³-hybridized carbons (Fsp3) is 0.667. The smallest absolute Gasteiger partial charge is 0.253 e. The molecule has 1 saturated carbocycles. The number of hydrogen-bond donors (Lipinski definition) is 4. The van der Waals surface area contributed by atoms with Gasteiger partial charge in [-0.3, -0.25) is 14.3 Å². The Kier molecular flexibility index (Phi) is 8.25. The lowest BCUT2D eigenvalue weighted by molar-refractivity contribution is -0.176. The SMILES string of the molecule is CC(C)(O)OCCCn1ccc2c(C(O)CS(C)(=O)(O)N3CCC4(CC3)N=C(C3CCCCC3)NC4=O)cccc21. The van der Waals surface area contributed by atoms with Crippen LogP contribution >= 0.6 is 0 Å². The Morgan fingerprint density at radius 1 is 1.20 bits per heavy atom. The summed E-state index contributed by atoms with van der Waals surface area (Å²) in [5, 5.41) is 24.9. The molecule has 3 heterocycles. The van der Waals surface area contributed by atoms with Crippen molar-refractivity contribution in [3.8, 4) is 0 Å². The molecule has 1 saturated heterocycles. The molecule has 3 aliphatic rings. The standard InChI is InChI=1S/C30H46N4O6S/c1-29(2,37)40-20-8-16-33-17-13-23-24(11-7-12-25(23)33)26(35)21-41(3,38,39)34-18-14-30(15-19-34)28(36)31-27(32-30)22-9-5-4-6-10-22/h7,11-13,17,22,26,35,37H,4-6,8-10,14-16,18-21H2,1-3H3,(H,38,39)(H,31,32,36). The van der Waals surface area contributed by atoms with Crippen molar-refractivity contribution in [1.82, 2.24) is 14.2 Å². The van der Waals surface area contributed by atoms with Crippen LogP contribution < -0.4 is 5.32 Å². The number of amides is 1. The lowest BCUT2D eigenvalue weighted by Gasteiger charge is -2.52. The van der Waals surface area contributed by atoms with Gasteiger partial charge in [-0.25, -0.2) is 4.31 Å². The third kappa shape index (κ3) is 6.60. The summed E-state index contributed by atoms with van der Waals surface area (Å²) in [4.78, 5) is 17.9. The second-order valence-electron chi connectivity index (χ2n) is 12.8. The topological polar surface area (TPSA) is 137 Å². The monoisotopic (exact) mass is 590 g/mol. The summed E-state index contributed by atoms with van der Waals surface area (Å²) < 4.78 is 34.6. The van der Waals surface area contributed by atoms with E-state index in [2.05, 4.69) is 9.88 Å². The lowest BCUT2D eigenvalue weighted by Crippen LogP contribution is -2.59. The molecule has 5 rings (SSSR count). The number of nitrogens with zero attached hydrogens (tertiary/aromatic N) is 3. The quantitative estimate of drug-likeness (QED) is 0.247. The molecule has 0 radical (unpaired) electrons. The van der Waals surface area contributed by atoms with Crippen LogP contribution in [0.2, 0.25) is 0 Å². The summed E-state index contributed by atoms with van der Waals surface area (Å²) in [6.07, 6.45) is 9.21. The largest absolute Gasteiger partial charge is 0.387 e. The van der Waals surface area contributed by atoms with Gasteiger partial charge in [0, 0.05) is 48.9 Å². The molecule has 1 unspecified atom stereocenters. The minimum atomic E-state index is -4.40. The first-order valence-corrected chi connectivity index (χ1v) is 17.4. The fourth-order valence-electron chi connectivity index (χ4n) is 6.62. The van der Waals surface area contributed by atoms with Gasteiger partial charge in [0.15, 0.2) is 5.79 Å². The fourth-order valence-corrected chi connectivity index (χ4v) is 8.86. The summed E-state index contributed by atoms with van der Waals surface area (Å²) in [6, 6.07) is 7.52. The molecule has 0 bridgehead atoms. The van der Waals surface area contributed by atoms with Crippen molar-refractivity contribution in [1.29, 1.82) is 0 Å². The van der Waals surface area contributed by atoms with Gasteiger partial charge in [-0.1, -0.05) is 31.4 Å². The predicted octanol–water partition coefficient (Wildman–Crippen LogP) is 3.59. The first kappa shape index (κ1) is 30.3. The van der Waals surface area contributed by atoms with Crippen LogP contribution in [0.3, 0.4) is 0 Å². The minimum Gasteiger partial charge on any atom is -0.387 e. The molecular weight excluding hydrogens is 544 g/mol. The Hall–Kier alpha value is -2.15. The number of nitrogens with one attached hydrogen (secondary N) is 1.